The van der Waals surface area contributed by atoms with Crippen LogP contribution in [0.4, 0.5) is 0 Å². The summed E-state index contributed by atoms with van der Waals surface area (Å²) in [5.41, 5.74) is 5.31. The van der Waals surface area contributed by atoms with E-state index in [2.05, 4.69) is 47.2 Å². The molecule has 4 heteroatoms. The molecule has 1 aromatic carbocycles. The molecule has 0 radical (unpaired) electrons. The van der Waals surface area contributed by atoms with Crippen molar-refractivity contribution in [2.24, 2.45) is 5.92 Å². The monoisotopic (exact) mass is 352 g/mol. The van der Waals surface area contributed by atoms with Crippen LogP contribution in [0.5, 0.6) is 0 Å². The van der Waals surface area contributed by atoms with E-state index in [-0.39, 0.29) is 11.2 Å². The van der Waals surface area contributed by atoms with Crippen LogP contribution in [0.15, 0.2) is 58.4 Å². The van der Waals surface area contributed by atoms with E-state index in [0.717, 1.165) is 0 Å². The van der Waals surface area contributed by atoms with Gasteiger partial charge in [-0.05, 0) is 56.6 Å². The first kappa shape index (κ1) is 13.1. The maximum Gasteiger partial charge on any atom is 0.201 e. The molecule has 2 aliphatic carbocycles. The Hall–Kier alpha value is -1.23. The van der Waals surface area contributed by atoms with Crippen molar-refractivity contribution in [1.29, 1.82) is 0 Å². The number of thiophene rings is 1. The zero-order chi connectivity index (χ0) is 15.1. The molecule has 0 spiro atoms. The topological polar surface area (TPSA) is 17.1 Å². The third kappa shape index (κ3) is 1.64. The van der Waals surface area contributed by atoms with E-state index in [1.54, 1.807) is 11.3 Å². The Morgan fingerprint density at radius 1 is 1.04 bits per heavy atom. The summed E-state index contributed by atoms with van der Waals surface area (Å²) >= 11 is 5.18. The molecule has 2 aromatic rings. The van der Waals surface area contributed by atoms with Crippen LogP contribution in [0.3, 0.4) is 0 Å². The molecule has 7 rings (SSSR count). The summed E-state index contributed by atoms with van der Waals surface area (Å²) < 4.78 is 1.30. The average molecular weight is 353 g/mol. The van der Waals surface area contributed by atoms with Gasteiger partial charge in [-0.2, -0.15) is 0 Å². The largest absolute Gasteiger partial charge is 0.286 e. The number of carbonyl (C=O) groups is 1. The smallest absolute Gasteiger partial charge is 0.201 e. The van der Waals surface area contributed by atoms with Gasteiger partial charge >= 0.3 is 0 Å². The zero-order valence-electron chi connectivity index (χ0n) is 12.1. The molecular formula is C19H12OS3. The highest BCUT2D eigenvalue weighted by molar-refractivity contribution is 8.14. The van der Waals surface area contributed by atoms with Crippen molar-refractivity contribution >= 4 is 50.1 Å². The fourth-order valence-electron chi connectivity index (χ4n) is 4.23. The maximum absolute atomic E-state index is 12.7. The van der Waals surface area contributed by atoms with Crippen molar-refractivity contribution in [2.45, 2.75) is 16.4 Å². The summed E-state index contributed by atoms with van der Waals surface area (Å²) in [6.07, 6.45) is 7.10. The molecule has 0 saturated carbocycles. The Morgan fingerprint density at radius 3 is 2.96 bits per heavy atom. The van der Waals surface area contributed by atoms with Crippen LogP contribution < -0.4 is 0 Å². The predicted octanol–water partition coefficient (Wildman–Crippen LogP) is 5.42. The number of fused-ring (bicyclic) bond motifs is 3. The van der Waals surface area contributed by atoms with Gasteiger partial charge in [0.15, 0.2) is 0 Å². The van der Waals surface area contributed by atoms with Crippen LogP contribution in [-0.2, 0) is 4.79 Å². The van der Waals surface area contributed by atoms with Gasteiger partial charge in [0.05, 0.1) is 11.2 Å². The van der Waals surface area contributed by atoms with Crippen LogP contribution >= 0.6 is 34.9 Å². The second-order valence-electron chi connectivity index (χ2n) is 6.44. The Labute approximate surface area is 146 Å². The second kappa shape index (κ2) is 4.44. The minimum atomic E-state index is -0.0556. The van der Waals surface area contributed by atoms with E-state index in [1.807, 2.05) is 11.8 Å². The second-order valence-corrected chi connectivity index (χ2v) is 9.59. The Morgan fingerprint density at radius 2 is 2.00 bits per heavy atom. The van der Waals surface area contributed by atoms with E-state index < -0.39 is 0 Å². The fourth-order valence-corrected chi connectivity index (χ4v) is 7.37. The van der Waals surface area contributed by atoms with Gasteiger partial charge in [-0.3, -0.25) is 4.79 Å². The van der Waals surface area contributed by atoms with Crippen molar-refractivity contribution in [2.75, 3.05) is 0 Å². The molecule has 4 atom stereocenters. The van der Waals surface area contributed by atoms with Crippen molar-refractivity contribution < 1.29 is 4.79 Å². The zero-order valence-corrected chi connectivity index (χ0v) is 14.5. The molecule has 1 saturated heterocycles. The van der Waals surface area contributed by atoms with Gasteiger partial charge in [-0.15, -0.1) is 23.1 Å². The molecule has 5 aliphatic rings. The lowest BCUT2D eigenvalue weighted by Crippen LogP contribution is -2.33. The third-order valence-electron chi connectivity index (χ3n) is 5.28. The Balaban J connectivity index is 1.64. The van der Waals surface area contributed by atoms with Gasteiger partial charge < -0.3 is 0 Å². The van der Waals surface area contributed by atoms with Gasteiger partial charge in [-0.25, -0.2) is 0 Å². The molecular weight excluding hydrogens is 340 g/mol. The molecule has 1 aromatic heterocycles. The number of thioether (sulfide) groups is 2. The SMILES string of the molecule is O=C1SC2C3=CC4C=CSC4C=C3C1c1cc3sccc3cc12. The number of carbonyl (C=O) groups excluding carboxylic acids is 1. The molecule has 0 N–H and O–H groups in total. The van der Waals surface area contributed by atoms with E-state index in [4.69, 9.17) is 0 Å². The van der Waals surface area contributed by atoms with Gasteiger partial charge in [0.25, 0.3) is 0 Å². The third-order valence-corrected chi connectivity index (χ3v) is 8.45. The highest BCUT2D eigenvalue weighted by Gasteiger charge is 2.48. The number of hydrogen-bond acceptors (Lipinski definition) is 4. The normalized spacial score (nSPS) is 33.3. The van der Waals surface area contributed by atoms with Crippen molar-refractivity contribution in [3.63, 3.8) is 0 Å². The lowest BCUT2D eigenvalue weighted by Gasteiger charge is -2.43. The lowest BCUT2D eigenvalue weighted by molar-refractivity contribution is -0.111. The minimum Gasteiger partial charge on any atom is -0.286 e. The first-order valence-electron chi connectivity index (χ1n) is 7.77. The summed E-state index contributed by atoms with van der Waals surface area (Å²) in [5.74, 6) is 0.446. The Kier molecular flexibility index (Phi) is 2.53. The summed E-state index contributed by atoms with van der Waals surface area (Å²) in [6, 6.07) is 6.78. The van der Waals surface area contributed by atoms with Crippen molar-refractivity contribution in [3.05, 3.63) is 69.5 Å². The standard InChI is InChI=1S/C19H12OS3/c20-19-17-11-7-15-9(1-3-21-15)5-13(11)18(23-19)14-6-10-2-4-22-16(10)8-12(14)17/h1-9,15,17-18H. The van der Waals surface area contributed by atoms with Crippen LogP contribution in [0.2, 0.25) is 0 Å². The fraction of sp³-hybridized carbons (Fsp3) is 0.211. The van der Waals surface area contributed by atoms with Gasteiger partial charge in [0, 0.05) is 15.9 Å². The maximum atomic E-state index is 12.7. The van der Waals surface area contributed by atoms with E-state index in [1.165, 1.54) is 44.1 Å². The highest BCUT2D eigenvalue weighted by Crippen LogP contribution is 2.61. The van der Waals surface area contributed by atoms with Gasteiger partial charge in [0.2, 0.25) is 5.12 Å². The predicted molar refractivity (Wildman–Crippen MR) is 100 cm³/mol. The van der Waals surface area contributed by atoms with Crippen LogP contribution in [0.25, 0.3) is 10.1 Å². The highest BCUT2D eigenvalue weighted by atomic mass is 32.2. The number of benzene rings is 1. The van der Waals surface area contributed by atoms with E-state index in [9.17, 15) is 4.79 Å². The van der Waals surface area contributed by atoms with Crippen molar-refractivity contribution in [3.8, 4) is 0 Å². The molecule has 0 amide bonds. The Bertz CT molecular complexity index is 978. The van der Waals surface area contributed by atoms with E-state index in [0.29, 0.717) is 16.3 Å². The van der Waals surface area contributed by atoms with Crippen LogP contribution in [-0.4, -0.2) is 10.4 Å². The molecule has 1 fully saturated rings. The summed E-state index contributed by atoms with van der Waals surface area (Å²) in [6.45, 7) is 0. The van der Waals surface area contributed by atoms with Gasteiger partial charge in [-0.1, -0.05) is 30.0 Å². The molecule has 23 heavy (non-hydrogen) atoms. The van der Waals surface area contributed by atoms with Crippen LogP contribution in [0, 0.1) is 5.92 Å². The van der Waals surface area contributed by atoms with Crippen molar-refractivity contribution in [1.82, 2.24) is 0 Å². The average Bonchev–Trinajstić information content (AvgIpc) is 3.19. The quantitative estimate of drug-likeness (QED) is 0.630. The molecule has 112 valence electrons. The lowest BCUT2D eigenvalue weighted by atomic mass is 9.72. The van der Waals surface area contributed by atoms with E-state index >= 15 is 0 Å². The van der Waals surface area contributed by atoms with Crippen LogP contribution in [0.1, 0.15) is 22.3 Å². The van der Waals surface area contributed by atoms with Gasteiger partial charge in [0.1, 0.15) is 0 Å². The molecule has 1 nitrogen and oxygen atoms in total. The first-order chi connectivity index (χ1) is 11.3. The number of allylic oxidation sites excluding steroid dienone is 3. The molecule has 4 unspecified atom stereocenters. The molecule has 2 bridgehead atoms. The number of rotatable bonds is 0. The summed E-state index contributed by atoms with van der Waals surface area (Å²) in [4.78, 5) is 12.7. The molecule has 3 aliphatic heterocycles. The summed E-state index contributed by atoms with van der Waals surface area (Å²) in [7, 11) is 0. The number of hydrogen-bond donors (Lipinski definition) is 0. The summed E-state index contributed by atoms with van der Waals surface area (Å²) in [5, 5.41) is 6.67. The minimum absolute atomic E-state index is 0.0556. The molecule has 4 heterocycles. The first-order valence-corrected chi connectivity index (χ1v) is 10.5.